The van der Waals surface area contributed by atoms with E-state index in [0.29, 0.717) is 18.0 Å². The van der Waals surface area contributed by atoms with Gasteiger partial charge in [0.05, 0.1) is 12.0 Å². The van der Waals surface area contributed by atoms with Gasteiger partial charge in [-0.3, -0.25) is 14.0 Å². The van der Waals surface area contributed by atoms with E-state index in [1.54, 1.807) is 34.5 Å². The molecular formula is C17H19N5O3. The second-order valence-electron chi connectivity index (χ2n) is 5.74. The number of furan rings is 1. The van der Waals surface area contributed by atoms with Gasteiger partial charge in [0.1, 0.15) is 12.0 Å². The molecule has 0 aliphatic rings. The van der Waals surface area contributed by atoms with Gasteiger partial charge in [-0.25, -0.2) is 9.97 Å². The minimum absolute atomic E-state index is 0.0127. The van der Waals surface area contributed by atoms with Gasteiger partial charge in [0.25, 0.3) is 11.8 Å². The topological polar surface area (TPSA) is 107 Å². The van der Waals surface area contributed by atoms with Crippen molar-refractivity contribution in [2.45, 2.75) is 19.8 Å². The van der Waals surface area contributed by atoms with Crippen molar-refractivity contribution in [3.8, 4) is 11.5 Å². The van der Waals surface area contributed by atoms with Gasteiger partial charge in [-0.05, 0) is 24.6 Å². The number of carbonyl (C=O) groups is 2. The van der Waals surface area contributed by atoms with Gasteiger partial charge in [-0.1, -0.05) is 13.3 Å². The normalized spacial score (nSPS) is 11.0. The van der Waals surface area contributed by atoms with Gasteiger partial charge in [-0.2, -0.15) is 0 Å². The zero-order valence-corrected chi connectivity index (χ0v) is 14.1. The summed E-state index contributed by atoms with van der Waals surface area (Å²) < 4.78 is 7.03. The number of rotatable bonds is 6. The molecule has 2 amide bonds. The average Bonchev–Trinajstić information content (AvgIpc) is 3.27. The number of primary amides is 1. The van der Waals surface area contributed by atoms with Crippen molar-refractivity contribution in [3.63, 3.8) is 0 Å². The lowest BCUT2D eigenvalue weighted by molar-refractivity contribution is 0.0787. The molecule has 3 aromatic rings. The van der Waals surface area contributed by atoms with E-state index in [4.69, 9.17) is 10.2 Å². The van der Waals surface area contributed by atoms with Crippen LogP contribution in [0, 0.1) is 0 Å². The second-order valence-corrected chi connectivity index (χ2v) is 5.74. The molecule has 3 aromatic heterocycles. The standard InChI is InChI=1S/C17H19N5O3/c1-3-4-7-21(2)17(24)11-9-12(13-6-5-8-25-13)22-10-19-14(15(18)23)16(22)20-11/h5-6,8-10H,3-4,7H2,1-2H3,(H2,18,23). The highest BCUT2D eigenvalue weighted by atomic mass is 16.3. The largest absolute Gasteiger partial charge is 0.463 e. The lowest BCUT2D eigenvalue weighted by Crippen LogP contribution is -2.28. The number of aromatic nitrogens is 3. The number of amides is 2. The molecule has 130 valence electrons. The van der Waals surface area contributed by atoms with Gasteiger partial charge in [0.15, 0.2) is 17.1 Å². The number of nitrogens with zero attached hydrogens (tertiary/aromatic N) is 4. The van der Waals surface area contributed by atoms with E-state index < -0.39 is 5.91 Å². The molecule has 3 heterocycles. The predicted molar refractivity (Wildman–Crippen MR) is 91.1 cm³/mol. The van der Waals surface area contributed by atoms with Crippen LogP contribution in [0.5, 0.6) is 0 Å². The number of nitrogens with two attached hydrogens (primary N) is 1. The monoisotopic (exact) mass is 341 g/mol. The quantitative estimate of drug-likeness (QED) is 0.737. The number of fused-ring (bicyclic) bond motifs is 1. The van der Waals surface area contributed by atoms with Crippen molar-refractivity contribution in [2.24, 2.45) is 5.73 Å². The van der Waals surface area contributed by atoms with Crippen LogP contribution in [-0.2, 0) is 0 Å². The summed E-state index contributed by atoms with van der Waals surface area (Å²) in [4.78, 5) is 34.3. The van der Waals surface area contributed by atoms with E-state index in [1.165, 1.54) is 12.6 Å². The molecule has 0 saturated carbocycles. The summed E-state index contributed by atoms with van der Waals surface area (Å²) >= 11 is 0. The summed E-state index contributed by atoms with van der Waals surface area (Å²) in [5.41, 5.74) is 6.39. The second kappa shape index (κ2) is 6.76. The Morgan fingerprint density at radius 3 is 2.84 bits per heavy atom. The lowest BCUT2D eigenvalue weighted by Gasteiger charge is -2.17. The molecule has 0 unspecified atom stereocenters. The zero-order chi connectivity index (χ0) is 18.0. The average molecular weight is 341 g/mol. The summed E-state index contributed by atoms with van der Waals surface area (Å²) in [6.45, 7) is 2.68. The number of unbranched alkanes of at least 4 members (excludes halogenated alkanes) is 1. The van der Waals surface area contributed by atoms with Crippen LogP contribution in [0.4, 0.5) is 0 Å². The lowest BCUT2D eigenvalue weighted by atomic mass is 10.2. The summed E-state index contributed by atoms with van der Waals surface area (Å²) in [7, 11) is 1.72. The zero-order valence-electron chi connectivity index (χ0n) is 14.1. The number of hydrogen-bond donors (Lipinski definition) is 1. The summed E-state index contributed by atoms with van der Waals surface area (Å²) in [5.74, 6) is -0.407. The highest BCUT2D eigenvalue weighted by molar-refractivity contribution is 5.99. The Bertz CT molecular complexity index is 914. The van der Waals surface area contributed by atoms with Crippen LogP contribution in [-0.4, -0.2) is 44.7 Å². The fourth-order valence-electron chi connectivity index (χ4n) is 2.56. The van der Waals surface area contributed by atoms with Crippen molar-refractivity contribution in [2.75, 3.05) is 13.6 Å². The van der Waals surface area contributed by atoms with Crippen LogP contribution in [0.25, 0.3) is 17.1 Å². The van der Waals surface area contributed by atoms with Gasteiger partial charge >= 0.3 is 0 Å². The SMILES string of the molecule is CCCCN(C)C(=O)c1cc(-c2ccco2)n2cnc(C(N)=O)c2n1. The molecule has 0 saturated heterocycles. The molecule has 0 atom stereocenters. The maximum Gasteiger partial charge on any atom is 0.272 e. The highest BCUT2D eigenvalue weighted by Crippen LogP contribution is 2.23. The summed E-state index contributed by atoms with van der Waals surface area (Å²) in [5, 5.41) is 0. The number of carbonyl (C=O) groups excluding carboxylic acids is 2. The van der Waals surface area contributed by atoms with Crippen molar-refractivity contribution in [3.05, 3.63) is 42.2 Å². The first-order chi connectivity index (χ1) is 12.0. The first kappa shape index (κ1) is 16.7. The first-order valence-electron chi connectivity index (χ1n) is 8.00. The fraction of sp³-hybridized carbons (Fsp3) is 0.294. The maximum absolute atomic E-state index is 12.7. The molecule has 0 aromatic carbocycles. The van der Waals surface area contributed by atoms with Crippen molar-refractivity contribution >= 4 is 17.5 Å². The van der Waals surface area contributed by atoms with Crippen LogP contribution in [0.2, 0.25) is 0 Å². The molecule has 0 bridgehead atoms. The molecule has 0 aliphatic heterocycles. The van der Waals surface area contributed by atoms with Crippen LogP contribution < -0.4 is 5.73 Å². The molecule has 3 rings (SSSR count). The Morgan fingerprint density at radius 1 is 1.40 bits per heavy atom. The van der Waals surface area contributed by atoms with Crippen molar-refractivity contribution in [1.29, 1.82) is 0 Å². The molecule has 8 nitrogen and oxygen atoms in total. The molecule has 0 aliphatic carbocycles. The van der Waals surface area contributed by atoms with Gasteiger partial charge in [0.2, 0.25) is 0 Å². The van der Waals surface area contributed by atoms with E-state index in [9.17, 15) is 9.59 Å². The summed E-state index contributed by atoms with van der Waals surface area (Å²) in [6.07, 6.45) is 4.85. The third-order valence-corrected chi connectivity index (χ3v) is 3.92. The van der Waals surface area contributed by atoms with E-state index in [1.807, 2.05) is 0 Å². The van der Waals surface area contributed by atoms with Gasteiger partial charge in [0, 0.05) is 13.6 Å². The summed E-state index contributed by atoms with van der Waals surface area (Å²) in [6, 6.07) is 5.12. The van der Waals surface area contributed by atoms with Crippen molar-refractivity contribution in [1.82, 2.24) is 19.3 Å². The third kappa shape index (κ3) is 3.10. The Kier molecular flexibility index (Phi) is 4.51. The molecule has 0 spiro atoms. The number of imidazole rings is 1. The van der Waals surface area contributed by atoms with Crippen LogP contribution in [0.3, 0.4) is 0 Å². The van der Waals surface area contributed by atoms with Gasteiger partial charge in [-0.15, -0.1) is 0 Å². The Labute approximate surface area is 144 Å². The Hall–Kier alpha value is -3.16. The van der Waals surface area contributed by atoms with Crippen LogP contribution >= 0.6 is 0 Å². The molecule has 0 radical (unpaired) electrons. The molecule has 25 heavy (non-hydrogen) atoms. The minimum Gasteiger partial charge on any atom is -0.463 e. The third-order valence-electron chi connectivity index (χ3n) is 3.92. The molecular weight excluding hydrogens is 322 g/mol. The Morgan fingerprint density at radius 2 is 2.20 bits per heavy atom. The first-order valence-corrected chi connectivity index (χ1v) is 8.00. The van der Waals surface area contributed by atoms with Gasteiger partial charge < -0.3 is 15.1 Å². The molecule has 0 fully saturated rings. The fourth-order valence-corrected chi connectivity index (χ4v) is 2.56. The highest BCUT2D eigenvalue weighted by Gasteiger charge is 2.21. The maximum atomic E-state index is 12.7. The minimum atomic E-state index is -0.704. The van der Waals surface area contributed by atoms with E-state index in [0.717, 1.165) is 12.8 Å². The van der Waals surface area contributed by atoms with Crippen LogP contribution in [0.15, 0.2) is 35.2 Å². The smallest absolute Gasteiger partial charge is 0.272 e. The van der Waals surface area contributed by atoms with Crippen LogP contribution in [0.1, 0.15) is 40.7 Å². The number of hydrogen-bond acceptors (Lipinski definition) is 5. The van der Waals surface area contributed by atoms with Crippen molar-refractivity contribution < 1.29 is 14.0 Å². The van der Waals surface area contributed by atoms with E-state index >= 15 is 0 Å². The molecule has 2 N–H and O–H groups in total. The predicted octanol–water partition coefficient (Wildman–Crippen LogP) is 1.96. The van der Waals surface area contributed by atoms with E-state index in [2.05, 4.69) is 16.9 Å². The molecule has 8 heteroatoms. The van der Waals surface area contributed by atoms with E-state index in [-0.39, 0.29) is 22.9 Å². The Balaban J connectivity index is 2.14.